The van der Waals surface area contributed by atoms with Crippen LogP contribution in [0.1, 0.15) is 41.7 Å². The zero-order valence-electron chi connectivity index (χ0n) is 9.90. The van der Waals surface area contributed by atoms with Crippen molar-refractivity contribution in [3.05, 3.63) is 29.6 Å². The van der Waals surface area contributed by atoms with Gasteiger partial charge in [0.25, 0.3) is 5.91 Å². The number of carbonyl (C=O) groups is 2. The average Bonchev–Trinajstić information content (AvgIpc) is 2.32. The topological polar surface area (TPSA) is 59.1 Å². The van der Waals surface area contributed by atoms with Crippen LogP contribution in [0.25, 0.3) is 0 Å². The molecule has 0 saturated heterocycles. The maximum absolute atomic E-state index is 12.0. The number of aromatic nitrogens is 1. The molecule has 0 radical (unpaired) electrons. The predicted molar refractivity (Wildman–Crippen MR) is 63.7 cm³/mol. The minimum atomic E-state index is -0.322. The van der Waals surface area contributed by atoms with Gasteiger partial charge in [0.1, 0.15) is 5.69 Å². The number of carbonyl (C=O) groups excluding carboxylic acids is 2. The molecule has 1 unspecified atom stereocenters. The van der Waals surface area contributed by atoms with Gasteiger partial charge in [0.15, 0.2) is 5.78 Å². The molecule has 0 aliphatic heterocycles. The number of nitrogens with one attached hydrogen (secondary N) is 1. The zero-order valence-corrected chi connectivity index (χ0v) is 9.90. The molecule has 2 rings (SSSR count). The van der Waals surface area contributed by atoms with E-state index < -0.39 is 0 Å². The van der Waals surface area contributed by atoms with Gasteiger partial charge in [-0.2, -0.15) is 0 Å². The van der Waals surface area contributed by atoms with Crippen LogP contribution in [0.3, 0.4) is 0 Å². The predicted octanol–water partition coefficient (Wildman–Crippen LogP) is 1.63. The van der Waals surface area contributed by atoms with Crippen LogP contribution in [-0.2, 0) is 4.79 Å². The van der Waals surface area contributed by atoms with Crippen LogP contribution in [0.2, 0.25) is 0 Å². The number of aryl methyl sites for hydroxylation is 1. The molecule has 1 heterocycles. The van der Waals surface area contributed by atoms with E-state index in [2.05, 4.69) is 10.3 Å². The van der Waals surface area contributed by atoms with Gasteiger partial charge in [-0.1, -0.05) is 12.5 Å². The smallest absolute Gasteiger partial charge is 0.270 e. The van der Waals surface area contributed by atoms with Crippen LogP contribution in [0, 0.1) is 6.92 Å². The molecule has 1 saturated carbocycles. The highest BCUT2D eigenvalue weighted by atomic mass is 16.2. The summed E-state index contributed by atoms with van der Waals surface area (Å²) in [6, 6.07) is 3.31. The van der Waals surface area contributed by atoms with E-state index in [0.717, 1.165) is 24.8 Å². The summed E-state index contributed by atoms with van der Waals surface area (Å²) in [5, 5.41) is 2.77. The molecule has 1 aromatic rings. The summed E-state index contributed by atoms with van der Waals surface area (Å²) in [5.41, 5.74) is 1.24. The molecule has 1 N–H and O–H groups in total. The molecule has 1 aliphatic carbocycles. The molecule has 17 heavy (non-hydrogen) atoms. The van der Waals surface area contributed by atoms with Crippen LogP contribution in [0.5, 0.6) is 0 Å². The van der Waals surface area contributed by atoms with Crippen molar-refractivity contribution in [1.82, 2.24) is 10.3 Å². The number of hydrogen-bond acceptors (Lipinski definition) is 3. The standard InChI is InChI=1S/C13H16N2O2/c1-9-5-4-8-14-12(9)13(17)15-10-6-2-3-7-11(10)16/h4-5,8,10H,2-3,6-7H2,1H3,(H,15,17). The zero-order chi connectivity index (χ0) is 12.3. The molecule has 1 aliphatic rings. The Morgan fingerprint density at radius 2 is 2.29 bits per heavy atom. The van der Waals surface area contributed by atoms with Crippen LogP contribution in [-0.4, -0.2) is 22.7 Å². The van der Waals surface area contributed by atoms with Crippen molar-refractivity contribution in [2.75, 3.05) is 0 Å². The minimum absolute atomic E-state index is 0.137. The molecule has 1 atom stereocenters. The molecule has 4 heteroatoms. The third-order valence-corrected chi connectivity index (χ3v) is 3.08. The molecule has 0 spiro atoms. The maximum Gasteiger partial charge on any atom is 0.270 e. The van der Waals surface area contributed by atoms with Crippen molar-refractivity contribution in [1.29, 1.82) is 0 Å². The average molecular weight is 232 g/mol. The summed E-state index contributed by atoms with van der Waals surface area (Å²) >= 11 is 0. The molecule has 1 aromatic heterocycles. The fourth-order valence-electron chi connectivity index (χ4n) is 2.09. The Morgan fingerprint density at radius 1 is 1.47 bits per heavy atom. The molecule has 0 aromatic carbocycles. The molecule has 1 fully saturated rings. The van der Waals surface area contributed by atoms with E-state index in [1.54, 1.807) is 12.3 Å². The first-order valence-electron chi connectivity index (χ1n) is 5.93. The Labute approximate surface area is 100 Å². The summed E-state index contributed by atoms with van der Waals surface area (Å²) in [7, 11) is 0. The highest BCUT2D eigenvalue weighted by Crippen LogP contribution is 2.15. The van der Waals surface area contributed by atoms with E-state index in [1.807, 2.05) is 13.0 Å². The highest BCUT2D eigenvalue weighted by Gasteiger charge is 2.24. The lowest BCUT2D eigenvalue weighted by atomic mass is 9.94. The number of pyridine rings is 1. The van der Waals surface area contributed by atoms with Crippen molar-refractivity contribution in [3.8, 4) is 0 Å². The summed E-state index contributed by atoms with van der Waals surface area (Å²) in [4.78, 5) is 27.6. The Kier molecular flexibility index (Phi) is 3.52. The van der Waals surface area contributed by atoms with Gasteiger partial charge in [-0.15, -0.1) is 0 Å². The molecule has 1 amide bonds. The van der Waals surface area contributed by atoms with Gasteiger partial charge >= 0.3 is 0 Å². The minimum Gasteiger partial charge on any atom is -0.341 e. The number of amides is 1. The van der Waals surface area contributed by atoms with Crippen LogP contribution in [0.15, 0.2) is 18.3 Å². The lowest BCUT2D eigenvalue weighted by Gasteiger charge is -2.21. The first kappa shape index (κ1) is 11.8. The van der Waals surface area contributed by atoms with Gasteiger partial charge in [0, 0.05) is 12.6 Å². The monoisotopic (exact) mass is 232 g/mol. The van der Waals surface area contributed by atoms with Gasteiger partial charge in [-0.05, 0) is 31.4 Å². The molecule has 4 nitrogen and oxygen atoms in total. The second-order valence-corrected chi connectivity index (χ2v) is 4.41. The summed E-state index contributed by atoms with van der Waals surface area (Å²) in [6.45, 7) is 1.84. The largest absolute Gasteiger partial charge is 0.341 e. The number of ketones is 1. The SMILES string of the molecule is Cc1cccnc1C(=O)NC1CCCCC1=O. The first-order chi connectivity index (χ1) is 8.18. The first-order valence-corrected chi connectivity index (χ1v) is 5.93. The maximum atomic E-state index is 12.0. The van der Waals surface area contributed by atoms with Crippen LogP contribution in [0.4, 0.5) is 0 Å². The van der Waals surface area contributed by atoms with Crippen molar-refractivity contribution in [3.63, 3.8) is 0 Å². The molecule has 0 bridgehead atoms. The molecular formula is C13H16N2O2. The Balaban J connectivity index is 2.06. The Bertz CT molecular complexity index is 443. The number of nitrogens with zero attached hydrogens (tertiary/aromatic N) is 1. The van der Waals surface area contributed by atoms with Crippen molar-refractivity contribution in [2.45, 2.75) is 38.6 Å². The second kappa shape index (κ2) is 5.08. The van der Waals surface area contributed by atoms with E-state index >= 15 is 0 Å². The van der Waals surface area contributed by atoms with Crippen LogP contribution < -0.4 is 5.32 Å². The van der Waals surface area contributed by atoms with Crippen molar-refractivity contribution < 1.29 is 9.59 Å². The molecular weight excluding hydrogens is 216 g/mol. The van der Waals surface area contributed by atoms with Gasteiger partial charge in [-0.3, -0.25) is 14.6 Å². The Hall–Kier alpha value is -1.71. The fourth-order valence-corrected chi connectivity index (χ4v) is 2.09. The number of rotatable bonds is 2. The van der Waals surface area contributed by atoms with Crippen LogP contribution >= 0.6 is 0 Å². The highest BCUT2D eigenvalue weighted by molar-refractivity contribution is 5.97. The van der Waals surface area contributed by atoms with Gasteiger partial charge < -0.3 is 5.32 Å². The molecule has 90 valence electrons. The number of hydrogen-bond donors (Lipinski definition) is 1. The quantitative estimate of drug-likeness (QED) is 0.843. The van der Waals surface area contributed by atoms with E-state index in [1.165, 1.54) is 0 Å². The summed E-state index contributed by atoms with van der Waals surface area (Å²) in [5.74, 6) is -0.110. The van der Waals surface area contributed by atoms with Gasteiger partial charge in [0.2, 0.25) is 0 Å². The lowest BCUT2D eigenvalue weighted by Crippen LogP contribution is -2.42. The third-order valence-electron chi connectivity index (χ3n) is 3.08. The third kappa shape index (κ3) is 2.70. The van der Waals surface area contributed by atoms with Gasteiger partial charge in [-0.25, -0.2) is 0 Å². The lowest BCUT2D eigenvalue weighted by molar-refractivity contribution is -0.122. The number of Topliss-reactive ketones (excluding diaryl/α,β-unsaturated/α-hetero) is 1. The second-order valence-electron chi connectivity index (χ2n) is 4.41. The van der Waals surface area contributed by atoms with E-state index in [0.29, 0.717) is 12.1 Å². The van der Waals surface area contributed by atoms with Crippen molar-refractivity contribution >= 4 is 11.7 Å². The normalized spacial score (nSPS) is 20.1. The Morgan fingerprint density at radius 3 is 3.00 bits per heavy atom. The van der Waals surface area contributed by atoms with E-state index in [9.17, 15) is 9.59 Å². The van der Waals surface area contributed by atoms with Crippen molar-refractivity contribution in [2.24, 2.45) is 0 Å². The summed E-state index contributed by atoms with van der Waals surface area (Å²) in [6.07, 6.45) is 4.85. The fraction of sp³-hybridized carbons (Fsp3) is 0.462. The van der Waals surface area contributed by atoms with E-state index in [4.69, 9.17) is 0 Å². The van der Waals surface area contributed by atoms with E-state index in [-0.39, 0.29) is 17.7 Å². The van der Waals surface area contributed by atoms with Gasteiger partial charge in [0.05, 0.1) is 6.04 Å². The summed E-state index contributed by atoms with van der Waals surface area (Å²) < 4.78 is 0.